The van der Waals surface area contributed by atoms with Crippen LogP contribution in [0, 0.1) is 0 Å². The van der Waals surface area contributed by atoms with Crippen LogP contribution in [0.15, 0.2) is 28.1 Å². The van der Waals surface area contributed by atoms with Gasteiger partial charge in [-0.15, -0.1) is 0 Å². The molecule has 0 radical (unpaired) electrons. The summed E-state index contributed by atoms with van der Waals surface area (Å²) in [7, 11) is -3.81. The highest BCUT2D eigenvalue weighted by molar-refractivity contribution is 8.14. The van der Waals surface area contributed by atoms with E-state index in [4.69, 9.17) is 9.47 Å². The second-order valence-electron chi connectivity index (χ2n) is 6.10. The van der Waals surface area contributed by atoms with Gasteiger partial charge < -0.3 is 14.8 Å². The van der Waals surface area contributed by atoms with Crippen molar-refractivity contribution in [1.29, 1.82) is 0 Å². The molecule has 3 aliphatic rings. The number of sulfonamides is 1. The molecule has 1 aromatic carbocycles. The largest absolute Gasteiger partial charge is 0.486 e. The zero-order valence-electron chi connectivity index (χ0n) is 14.0. The van der Waals surface area contributed by atoms with E-state index in [1.165, 1.54) is 28.2 Å². The van der Waals surface area contributed by atoms with Crippen LogP contribution in [0.2, 0.25) is 0 Å². The van der Waals surface area contributed by atoms with Gasteiger partial charge in [0.2, 0.25) is 15.9 Å². The number of amidine groups is 1. The molecule has 0 spiro atoms. The number of aliphatic imine (C=N–C) groups is 1. The molecule has 3 aliphatic heterocycles. The summed E-state index contributed by atoms with van der Waals surface area (Å²) >= 11 is 1.47. The van der Waals surface area contributed by atoms with Gasteiger partial charge >= 0.3 is 0 Å². The molecule has 0 bridgehead atoms. The molecule has 1 atom stereocenters. The highest BCUT2D eigenvalue weighted by Crippen LogP contribution is 2.34. The van der Waals surface area contributed by atoms with E-state index in [9.17, 15) is 13.2 Å². The fraction of sp³-hybridized carbons (Fsp3) is 0.500. The summed E-state index contributed by atoms with van der Waals surface area (Å²) in [5.41, 5.74) is 0. The average Bonchev–Trinajstić information content (AvgIpc) is 3.33. The van der Waals surface area contributed by atoms with Gasteiger partial charge in [0, 0.05) is 18.4 Å². The number of amides is 1. The van der Waals surface area contributed by atoms with Crippen molar-refractivity contribution in [2.75, 3.05) is 32.1 Å². The third kappa shape index (κ3) is 3.28. The summed E-state index contributed by atoms with van der Waals surface area (Å²) in [6.45, 7) is 1.80. The van der Waals surface area contributed by atoms with Gasteiger partial charge in [0.05, 0.1) is 11.4 Å². The Balaban J connectivity index is 1.57. The zero-order chi connectivity index (χ0) is 18.1. The third-order valence-corrected chi connectivity index (χ3v) is 7.24. The Kier molecular flexibility index (Phi) is 4.80. The first kappa shape index (κ1) is 17.6. The summed E-state index contributed by atoms with van der Waals surface area (Å²) in [5, 5.41) is 3.32. The number of nitrogens with one attached hydrogen (secondary N) is 1. The van der Waals surface area contributed by atoms with Crippen molar-refractivity contribution in [2.24, 2.45) is 4.99 Å². The molecule has 0 aromatic heterocycles. The molecular formula is C16H19N3O5S2. The Bertz CT molecular complexity index is 855. The van der Waals surface area contributed by atoms with E-state index in [-0.39, 0.29) is 10.8 Å². The molecule has 0 aliphatic carbocycles. The van der Waals surface area contributed by atoms with Crippen molar-refractivity contribution in [2.45, 2.75) is 23.8 Å². The van der Waals surface area contributed by atoms with Gasteiger partial charge in [-0.05, 0) is 25.0 Å². The fourth-order valence-corrected chi connectivity index (χ4v) is 5.61. The molecule has 10 heteroatoms. The van der Waals surface area contributed by atoms with Gasteiger partial charge in [0.25, 0.3) is 0 Å². The lowest BCUT2D eigenvalue weighted by Gasteiger charge is -2.24. The Morgan fingerprint density at radius 1 is 1.27 bits per heavy atom. The Hall–Kier alpha value is -1.78. The zero-order valence-corrected chi connectivity index (χ0v) is 15.6. The lowest BCUT2D eigenvalue weighted by atomic mass is 10.2. The number of hydrogen-bond donors (Lipinski definition) is 1. The number of benzene rings is 1. The van der Waals surface area contributed by atoms with Crippen molar-refractivity contribution < 1.29 is 22.7 Å². The van der Waals surface area contributed by atoms with Gasteiger partial charge in [-0.1, -0.05) is 11.8 Å². The molecule has 1 fully saturated rings. The van der Waals surface area contributed by atoms with Crippen LogP contribution in [-0.2, 0) is 14.8 Å². The molecule has 1 aromatic rings. The summed E-state index contributed by atoms with van der Waals surface area (Å²) in [6, 6.07) is 3.83. The molecule has 140 valence electrons. The first-order chi connectivity index (χ1) is 12.6. The first-order valence-corrected chi connectivity index (χ1v) is 10.9. The first-order valence-electron chi connectivity index (χ1n) is 8.45. The number of ether oxygens (including phenoxy) is 2. The second kappa shape index (κ2) is 7.09. The monoisotopic (exact) mass is 397 g/mol. The van der Waals surface area contributed by atoms with E-state index < -0.39 is 16.1 Å². The molecule has 1 unspecified atom stereocenters. The highest BCUT2D eigenvalue weighted by atomic mass is 32.2. The summed E-state index contributed by atoms with van der Waals surface area (Å²) in [6.07, 6.45) is 1.13. The van der Waals surface area contributed by atoms with Crippen molar-refractivity contribution in [3.63, 3.8) is 0 Å². The molecule has 1 amide bonds. The normalized spacial score (nSPS) is 22.9. The van der Waals surface area contributed by atoms with Crippen LogP contribution in [0.1, 0.15) is 12.8 Å². The van der Waals surface area contributed by atoms with E-state index in [0.717, 1.165) is 5.75 Å². The lowest BCUT2D eigenvalue weighted by molar-refractivity contribution is -0.122. The SMILES string of the molecule is O=C(NC1=NCCS1)C1CCCN1S(=O)(=O)c1ccc2c(c1)OCCO2. The van der Waals surface area contributed by atoms with Crippen molar-refractivity contribution >= 4 is 32.9 Å². The predicted molar refractivity (Wildman–Crippen MR) is 97.2 cm³/mol. The third-order valence-electron chi connectivity index (χ3n) is 4.44. The van der Waals surface area contributed by atoms with Crippen LogP contribution in [0.5, 0.6) is 11.5 Å². The quantitative estimate of drug-likeness (QED) is 0.811. The van der Waals surface area contributed by atoms with E-state index >= 15 is 0 Å². The van der Waals surface area contributed by atoms with E-state index in [1.54, 1.807) is 6.07 Å². The molecule has 0 saturated carbocycles. The van der Waals surface area contributed by atoms with Gasteiger partial charge in [-0.25, -0.2) is 8.42 Å². The average molecular weight is 397 g/mol. The molecule has 8 nitrogen and oxygen atoms in total. The van der Waals surface area contributed by atoms with Gasteiger partial charge in [-0.3, -0.25) is 9.79 Å². The van der Waals surface area contributed by atoms with Crippen LogP contribution in [0.4, 0.5) is 0 Å². The van der Waals surface area contributed by atoms with Gasteiger partial charge in [-0.2, -0.15) is 4.31 Å². The maximum Gasteiger partial charge on any atom is 0.244 e. The molecule has 26 heavy (non-hydrogen) atoms. The minimum absolute atomic E-state index is 0.106. The van der Waals surface area contributed by atoms with Crippen molar-refractivity contribution in [3.05, 3.63) is 18.2 Å². The smallest absolute Gasteiger partial charge is 0.244 e. The van der Waals surface area contributed by atoms with E-state index in [1.807, 2.05) is 0 Å². The van der Waals surface area contributed by atoms with Crippen molar-refractivity contribution in [3.8, 4) is 11.5 Å². The molecule has 4 rings (SSSR count). The highest BCUT2D eigenvalue weighted by Gasteiger charge is 2.40. The Morgan fingerprint density at radius 2 is 2.08 bits per heavy atom. The molecular weight excluding hydrogens is 378 g/mol. The summed E-state index contributed by atoms with van der Waals surface area (Å²) < 4.78 is 38.4. The predicted octanol–water partition coefficient (Wildman–Crippen LogP) is 0.830. The molecule has 1 saturated heterocycles. The number of carbonyl (C=O) groups is 1. The van der Waals surface area contributed by atoms with Crippen LogP contribution in [-0.4, -0.2) is 61.9 Å². The van der Waals surface area contributed by atoms with Crippen LogP contribution in [0.3, 0.4) is 0 Å². The number of fused-ring (bicyclic) bond motifs is 1. The second-order valence-corrected chi connectivity index (χ2v) is 9.08. The summed E-state index contributed by atoms with van der Waals surface area (Å²) in [4.78, 5) is 16.9. The lowest BCUT2D eigenvalue weighted by Crippen LogP contribution is -2.46. The number of carbonyl (C=O) groups excluding carboxylic acids is 1. The van der Waals surface area contributed by atoms with E-state index in [2.05, 4.69) is 10.3 Å². The Labute approximate surface area is 156 Å². The maximum absolute atomic E-state index is 13.1. The van der Waals surface area contributed by atoms with Crippen LogP contribution >= 0.6 is 11.8 Å². The number of hydrogen-bond acceptors (Lipinski definition) is 7. The number of thioether (sulfide) groups is 1. The van der Waals surface area contributed by atoms with Crippen molar-refractivity contribution in [1.82, 2.24) is 9.62 Å². The van der Waals surface area contributed by atoms with Gasteiger partial charge in [0.1, 0.15) is 19.3 Å². The fourth-order valence-electron chi connectivity index (χ4n) is 3.21. The van der Waals surface area contributed by atoms with Crippen LogP contribution in [0.25, 0.3) is 0 Å². The Morgan fingerprint density at radius 3 is 2.85 bits per heavy atom. The number of nitrogens with zero attached hydrogens (tertiary/aromatic N) is 2. The minimum Gasteiger partial charge on any atom is -0.486 e. The maximum atomic E-state index is 13.1. The minimum atomic E-state index is -3.81. The number of rotatable bonds is 3. The van der Waals surface area contributed by atoms with Crippen LogP contribution < -0.4 is 14.8 Å². The van der Waals surface area contributed by atoms with E-state index in [0.29, 0.717) is 55.8 Å². The standard InChI is InChI=1S/C16H19N3O5S2/c20-15(18-16-17-5-9-25-16)12-2-1-6-19(12)26(21,22)11-3-4-13-14(10-11)24-8-7-23-13/h3-4,10,12H,1-2,5-9H2,(H,17,18,20). The molecule has 3 heterocycles. The summed E-state index contributed by atoms with van der Waals surface area (Å²) in [5.74, 6) is 1.45. The van der Waals surface area contributed by atoms with Gasteiger partial charge in [0.15, 0.2) is 16.7 Å². The topological polar surface area (TPSA) is 97.3 Å². The molecule has 1 N–H and O–H groups in total.